The molecule has 0 spiro atoms. The van der Waals surface area contributed by atoms with E-state index in [0.717, 1.165) is 42.2 Å². The van der Waals surface area contributed by atoms with Gasteiger partial charge in [0.05, 0.1) is 24.3 Å². The van der Waals surface area contributed by atoms with E-state index < -0.39 is 95.3 Å². The van der Waals surface area contributed by atoms with Gasteiger partial charge in [-0.3, -0.25) is 29.3 Å². The summed E-state index contributed by atoms with van der Waals surface area (Å²) in [7, 11) is 5.98. The van der Waals surface area contributed by atoms with E-state index in [1.807, 2.05) is 19.1 Å². The zero-order chi connectivity index (χ0) is 61.1. The molecule has 3 aliphatic heterocycles. The van der Waals surface area contributed by atoms with Crippen LogP contribution in [0.3, 0.4) is 0 Å². The third-order valence-electron chi connectivity index (χ3n) is 17.1. The highest BCUT2D eigenvalue weighted by Gasteiger charge is 2.67. The van der Waals surface area contributed by atoms with Gasteiger partial charge < -0.3 is 58.7 Å². The van der Waals surface area contributed by atoms with Crippen LogP contribution in [0.15, 0.2) is 60.2 Å². The highest BCUT2D eigenvalue weighted by Crippen LogP contribution is 2.52. The molecule has 2 aliphatic carbocycles. The van der Waals surface area contributed by atoms with Crippen molar-refractivity contribution in [1.82, 2.24) is 20.4 Å². The van der Waals surface area contributed by atoms with Crippen molar-refractivity contribution in [2.24, 2.45) is 17.8 Å². The molecule has 22 heteroatoms. The molecule has 4 N–H and O–H groups in total. The number of carbonyl (C=O) groups excluding carboxylic acids is 8. The van der Waals surface area contributed by atoms with Crippen LogP contribution in [-0.2, 0) is 63.6 Å². The number of aliphatic hydroxyl groups is 1. The largest absolute Gasteiger partial charge is 0.508 e. The van der Waals surface area contributed by atoms with Gasteiger partial charge in [-0.25, -0.2) is 14.4 Å². The second-order valence-corrected chi connectivity index (χ2v) is 24.5. The summed E-state index contributed by atoms with van der Waals surface area (Å²) in [5.74, 6) is -3.26. The fraction of sp³-hybridized carbons (Fsp3) is 0.639. The van der Waals surface area contributed by atoms with E-state index in [1.165, 1.54) is 35.8 Å². The molecule has 458 valence electrons. The van der Waals surface area contributed by atoms with Crippen LogP contribution in [-0.4, -0.2) is 174 Å². The predicted octanol–water partition coefficient (Wildman–Crippen LogP) is 6.93. The number of likely N-dealkylation sites (N-methyl/N-ethyl adjacent to an activating group) is 1. The highest BCUT2D eigenvalue weighted by atomic mass is 32.2. The second kappa shape index (κ2) is 28.7. The number of allylic oxidation sites excluding steroid dienone is 5. The Hall–Kier alpha value is -6.07. The third kappa shape index (κ3) is 16.9. The number of ketones is 1. The first-order chi connectivity index (χ1) is 39.1. The van der Waals surface area contributed by atoms with Crippen molar-refractivity contribution in [1.29, 1.82) is 0 Å². The minimum Gasteiger partial charge on any atom is -0.508 e. The number of nitrogens with zero attached hydrogens (tertiary/aromatic N) is 3. The fourth-order valence-electron chi connectivity index (χ4n) is 11.2. The Morgan fingerprint density at radius 3 is 2.48 bits per heavy atom. The molecule has 1 aromatic rings. The summed E-state index contributed by atoms with van der Waals surface area (Å²) < 4.78 is 36.1. The third-order valence-corrected chi connectivity index (χ3v) is 18.2. The molecule has 4 bridgehead atoms. The molecule has 0 radical (unpaired) electrons. The molecule has 6 rings (SSSR count). The first-order valence-electron chi connectivity index (χ1n) is 28.8. The number of benzene rings is 1. The first kappa shape index (κ1) is 66.1. The molecule has 3 fully saturated rings. The number of phenolic OH excluding ortho intramolecular Hbond substituents is 1. The van der Waals surface area contributed by atoms with Gasteiger partial charge in [-0.1, -0.05) is 74.1 Å². The number of ether oxygens (including phenoxy) is 6. The average molecular weight is 1180 g/mol. The van der Waals surface area contributed by atoms with Crippen LogP contribution >= 0.6 is 11.8 Å². The number of carbonyl (C=O) groups is 8. The van der Waals surface area contributed by atoms with Gasteiger partial charge in [0.2, 0.25) is 17.7 Å². The van der Waals surface area contributed by atoms with E-state index >= 15 is 0 Å². The van der Waals surface area contributed by atoms with Crippen molar-refractivity contribution in [3.63, 3.8) is 0 Å². The molecule has 83 heavy (non-hydrogen) atoms. The van der Waals surface area contributed by atoms with Gasteiger partial charge in [0, 0.05) is 89.7 Å². The lowest BCUT2D eigenvalue weighted by molar-refractivity contribution is -0.173. The van der Waals surface area contributed by atoms with Gasteiger partial charge in [0.1, 0.15) is 53.7 Å². The Bertz CT molecular complexity index is 2680. The first-order valence-corrected chi connectivity index (χ1v) is 29.8. The summed E-state index contributed by atoms with van der Waals surface area (Å²) in [6.07, 6.45) is 7.82. The number of nitrogens with one attached hydrogen (secondary N) is 2. The minimum atomic E-state index is -1.93. The standard InChI is InChI=1S/C61H87N5O16S/c1-36-18-17-21-49(77-12)61(76)35-59(7,82-57(74)63-61)40(5)54-60(8,81-54)50(33-53(71)66(11)44-31-42(30-36)32-46(68)39(44)4)80-55(72)41(6)65(10)52(70)26-29-83-56(73)38(3)25-28-64(9)58(75)79-48-20-16-14-13-15-19-47(48)78-34-51(69)62-27-24-43-37(2)22-23-45(43)67/h16-18,20-21,31-32,38,40-41,43,47-50,54,68,76H,2,13-15,19,22-30,33-35H2,1,3-12H3,(H,62,69)(H,63,74)/b20-16+,21-17+,36-18+/t38?,40-,41-,43?,47?,48?,49?,50-,54-,59-,60-,61?/m0/s1. The normalized spacial score (nSPS) is 30.6. The van der Waals surface area contributed by atoms with Gasteiger partial charge in [-0.15, -0.1) is 0 Å². The molecule has 5 aliphatic rings. The topological polar surface area (TPSA) is 269 Å². The number of epoxide rings is 1. The summed E-state index contributed by atoms with van der Waals surface area (Å²) in [5, 5.41) is 28.2. The Labute approximate surface area is 492 Å². The zero-order valence-corrected chi connectivity index (χ0v) is 50.9. The Kier molecular flexibility index (Phi) is 22.8. The number of fused-ring (bicyclic) bond motifs is 5. The number of methoxy groups -OCH3 is 1. The lowest BCUT2D eigenvalue weighted by atomic mass is 9.75. The van der Waals surface area contributed by atoms with Crippen molar-refractivity contribution in [3.05, 3.63) is 71.4 Å². The maximum Gasteiger partial charge on any atom is 0.410 e. The number of amides is 5. The van der Waals surface area contributed by atoms with E-state index in [-0.39, 0.29) is 66.6 Å². The molecule has 5 amide bonds. The summed E-state index contributed by atoms with van der Waals surface area (Å²) in [5.41, 5.74) is -1.28. The van der Waals surface area contributed by atoms with Crippen molar-refractivity contribution in [3.8, 4) is 5.75 Å². The van der Waals surface area contributed by atoms with Crippen LogP contribution in [0.4, 0.5) is 15.3 Å². The molecule has 3 heterocycles. The van der Waals surface area contributed by atoms with Crippen molar-refractivity contribution in [2.45, 2.75) is 179 Å². The predicted molar refractivity (Wildman–Crippen MR) is 311 cm³/mol. The number of thioether (sulfide) groups is 1. The molecular weight excluding hydrogens is 1090 g/mol. The van der Waals surface area contributed by atoms with Crippen LogP contribution in [0, 0.1) is 24.7 Å². The van der Waals surface area contributed by atoms with Crippen LogP contribution < -0.4 is 15.5 Å². The van der Waals surface area contributed by atoms with E-state index in [1.54, 1.807) is 79.1 Å². The van der Waals surface area contributed by atoms with Gasteiger partial charge >= 0.3 is 18.2 Å². The monoisotopic (exact) mass is 1180 g/mol. The summed E-state index contributed by atoms with van der Waals surface area (Å²) in [6.45, 7) is 16.2. The lowest BCUT2D eigenvalue weighted by Gasteiger charge is -2.47. The number of aromatic hydroxyl groups is 1. The van der Waals surface area contributed by atoms with E-state index in [2.05, 4.69) is 17.2 Å². The molecule has 1 saturated carbocycles. The molecule has 21 nitrogen and oxygen atoms in total. The van der Waals surface area contributed by atoms with Crippen molar-refractivity contribution < 1.29 is 77.0 Å². The lowest BCUT2D eigenvalue weighted by Crippen LogP contribution is -2.67. The summed E-state index contributed by atoms with van der Waals surface area (Å²) in [6, 6.07) is 2.26. The van der Waals surface area contributed by atoms with Crippen LogP contribution in [0.1, 0.15) is 123 Å². The maximum atomic E-state index is 14.4. The molecule has 0 aromatic heterocycles. The Morgan fingerprint density at radius 1 is 1.05 bits per heavy atom. The molecule has 2 saturated heterocycles. The van der Waals surface area contributed by atoms with E-state index in [0.29, 0.717) is 61.9 Å². The zero-order valence-electron chi connectivity index (χ0n) is 50.1. The number of hydrogen-bond acceptors (Lipinski definition) is 17. The van der Waals surface area contributed by atoms with Gasteiger partial charge in [0.25, 0.3) is 0 Å². The summed E-state index contributed by atoms with van der Waals surface area (Å²) in [4.78, 5) is 111. The van der Waals surface area contributed by atoms with Crippen molar-refractivity contribution in [2.75, 3.05) is 58.6 Å². The molecule has 1 aromatic carbocycles. The number of hydrogen-bond donors (Lipinski definition) is 4. The molecule has 6 unspecified atom stereocenters. The smallest absolute Gasteiger partial charge is 0.410 e. The quantitative estimate of drug-likeness (QED) is 0.0502. The maximum absolute atomic E-state index is 14.4. The van der Waals surface area contributed by atoms with Crippen LogP contribution in [0.2, 0.25) is 0 Å². The SMILES string of the molecule is C=C1CCC(=O)C1CCNC(=O)COC1CCCC/C=C/C1OC(=O)N(C)CCC(C)C(=O)SCCC(=O)N(C)[C@@H](C)C(=O)O[C@H]1CC(=O)N(C)c2cc(cc(O)c2C)C/C(C)=C/C=C/C(OC)C2(O)C[C@](C)(OC(=O)N2)[C@@H](C)[C@@H]2O[C@@]12C. The number of phenols is 1. The second-order valence-electron chi connectivity index (χ2n) is 23.4. The Morgan fingerprint density at radius 2 is 1.78 bits per heavy atom. The number of esters is 1. The summed E-state index contributed by atoms with van der Waals surface area (Å²) >= 11 is 0.966. The number of rotatable bonds is 18. The molecule has 12 atom stereocenters. The van der Waals surface area contributed by atoms with Gasteiger partial charge in [0.15, 0.2) is 10.8 Å². The Balaban J connectivity index is 1.03. The fourth-order valence-corrected chi connectivity index (χ4v) is 12.1. The van der Waals surface area contributed by atoms with E-state index in [4.69, 9.17) is 28.4 Å². The number of Topliss-reactive ketones (excluding diaryl/α,β-unsaturated/α-hetero) is 1. The van der Waals surface area contributed by atoms with E-state index in [9.17, 15) is 48.6 Å². The highest BCUT2D eigenvalue weighted by molar-refractivity contribution is 8.13. The minimum absolute atomic E-state index is 0.0269. The van der Waals surface area contributed by atoms with Crippen LogP contribution in [0.25, 0.3) is 0 Å². The molecular formula is C61H87N5O16S. The average Bonchev–Trinajstić information content (AvgIpc) is 3.05. The number of anilines is 1. The van der Waals surface area contributed by atoms with Gasteiger partial charge in [-0.2, -0.15) is 0 Å². The van der Waals surface area contributed by atoms with Crippen LogP contribution in [0.5, 0.6) is 5.75 Å². The van der Waals surface area contributed by atoms with Gasteiger partial charge in [-0.05, 0) is 103 Å². The van der Waals surface area contributed by atoms with Crippen molar-refractivity contribution >= 4 is 64.2 Å². The number of alkyl carbamates (subject to hydrolysis) is 1.